The third-order valence-corrected chi connectivity index (χ3v) is 2.48. The molecule has 1 N–H and O–H groups in total. The number of anilines is 1. The average molecular weight is 299 g/mol. The van der Waals surface area contributed by atoms with Gasteiger partial charge in [0.05, 0.1) is 7.11 Å². The maximum Gasteiger partial charge on any atom is 0.291 e. The van der Waals surface area contributed by atoms with E-state index in [0.29, 0.717) is 12.1 Å². The van der Waals surface area contributed by atoms with E-state index in [-0.39, 0.29) is 11.4 Å². The average Bonchev–Trinajstić information content (AvgIpc) is 2.44. The minimum atomic E-state index is -1.65. The van der Waals surface area contributed by atoms with Gasteiger partial charge in [-0.15, -0.1) is 0 Å². The summed E-state index contributed by atoms with van der Waals surface area (Å²) in [5, 5.41) is 2.07. The van der Waals surface area contributed by atoms with E-state index in [1.54, 1.807) is 0 Å². The van der Waals surface area contributed by atoms with E-state index >= 15 is 0 Å². The fourth-order valence-electron chi connectivity index (χ4n) is 1.49. The van der Waals surface area contributed by atoms with Crippen molar-refractivity contribution < 1.29 is 27.1 Å². The second-order valence-electron chi connectivity index (χ2n) is 3.88. The van der Waals surface area contributed by atoms with Crippen molar-refractivity contribution in [3.05, 3.63) is 57.9 Å². The first-order valence-corrected chi connectivity index (χ1v) is 5.55. The highest BCUT2D eigenvalue weighted by Crippen LogP contribution is 2.18. The van der Waals surface area contributed by atoms with Gasteiger partial charge < -0.3 is 14.5 Å². The predicted molar refractivity (Wildman–Crippen MR) is 65.8 cm³/mol. The molecular weight excluding hydrogens is 291 g/mol. The van der Waals surface area contributed by atoms with E-state index < -0.39 is 34.5 Å². The fraction of sp³-hybridized carbons (Fsp3) is 0.0769. The van der Waals surface area contributed by atoms with Crippen LogP contribution in [0.4, 0.5) is 18.9 Å². The Balaban J connectivity index is 2.26. The zero-order chi connectivity index (χ0) is 15.6. The highest BCUT2D eigenvalue weighted by molar-refractivity contribution is 6.02. The molecule has 1 aromatic carbocycles. The summed E-state index contributed by atoms with van der Waals surface area (Å²) in [4.78, 5) is 23.2. The number of methoxy groups -OCH3 is 1. The highest BCUT2D eigenvalue weighted by atomic mass is 19.2. The maximum atomic E-state index is 13.0. The molecule has 110 valence electrons. The zero-order valence-corrected chi connectivity index (χ0v) is 10.6. The Morgan fingerprint density at radius 3 is 2.33 bits per heavy atom. The smallest absolute Gasteiger partial charge is 0.291 e. The summed E-state index contributed by atoms with van der Waals surface area (Å²) in [6.45, 7) is 0. The number of amides is 1. The monoisotopic (exact) mass is 299 g/mol. The highest BCUT2D eigenvalue weighted by Gasteiger charge is 2.15. The molecule has 0 unspecified atom stereocenters. The van der Waals surface area contributed by atoms with Crippen molar-refractivity contribution in [3.8, 4) is 5.75 Å². The molecule has 1 heterocycles. The molecule has 0 atom stereocenters. The van der Waals surface area contributed by atoms with Gasteiger partial charge in [-0.05, 0) is 0 Å². The van der Waals surface area contributed by atoms with Crippen molar-refractivity contribution in [1.82, 2.24) is 0 Å². The summed E-state index contributed by atoms with van der Waals surface area (Å²) in [6, 6.07) is 2.04. The van der Waals surface area contributed by atoms with Crippen LogP contribution in [0.15, 0.2) is 33.7 Å². The van der Waals surface area contributed by atoms with Crippen LogP contribution in [0.3, 0.4) is 0 Å². The number of rotatable bonds is 3. The van der Waals surface area contributed by atoms with Gasteiger partial charge >= 0.3 is 0 Å². The van der Waals surface area contributed by atoms with Crippen molar-refractivity contribution in [2.75, 3.05) is 12.4 Å². The Bertz CT molecular complexity index is 734. The Morgan fingerprint density at radius 1 is 1.19 bits per heavy atom. The number of hydrogen-bond donors (Lipinski definition) is 1. The molecule has 1 aromatic heterocycles. The summed E-state index contributed by atoms with van der Waals surface area (Å²) < 4.78 is 48.3. The zero-order valence-electron chi connectivity index (χ0n) is 10.6. The lowest BCUT2D eigenvalue weighted by molar-refractivity contribution is 0.0993. The molecule has 0 aliphatic rings. The Kier molecular flexibility index (Phi) is 3.97. The van der Waals surface area contributed by atoms with Crippen LogP contribution in [0, 0.1) is 17.5 Å². The van der Waals surface area contributed by atoms with E-state index in [4.69, 9.17) is 4.42 Å². The van der Waals surface area contributed by atoms with Crippen molar-refractivity contribution in [2.45, 2.75) is 0 Å². The molecular formula is C13H8F3NO4. The van der Waals surface area contributed by atoms with Crippen molar-refractivity contribution >= 4 is 11.6 Å². The van der Waals surface area contributed by atoms with Gasteiger partial charge in [0.15, 0.2) is 23.2 Å². The third-order valence-electron chi connectivity index (χ3n) is 2.48. The minimum Gasteiger partial charge on any atom is -0.490 e. The van der Waals surface area contributed by atoms with E-state index in [1.807, 2.05) is 0 Å². The fourth-order valence-corrected chi connectivity index (χ4v) is 1.49. The standard InChI is InChI=1S/C13H8F3NO4/c1-20-11-5-21-10(4-9(11)18)13(19)17-6-2-7(14)12(16)8(15)3-6/h2-5H,1H3,(H,17,19). The molecule has 8 heteroatoms. The number of ether oxygens (including phenoxy) is 1. The predicted octanol–water partition coefficient (Wildman–Crippen LogP) is 2.32. The van der Waals surface area contributed by atoms with E-state index in [9.17, 15) is 22.8 Å². The third kappa shape index (κ3) is 3.04. The lowest BCUT2D eigenvalue weighted by atomic mass is 10.2. The summed E-state index contributed by atoms with van der Waals surface area (Å²) in [6.07, 6.45) is 0.920. The second kappa shape index (κ2) is 5.70. The van der Waals surface area contributed by atoms with Gasteiger partial charge in [0.1, 0.15) is 6.26 Å². The molecule has 2 rings (SSSR count). The topological polar surface area (TPSA) is 68.5 Å². The van der Waals surface area contributed by atoms with Crippen LogP contribution in [-0.2, 0) is 0 Å². The summed E-state index contributed by atoms with van der Waals surface area (Å²) >= 11 is 0. The molecule has 0 spiro atoms. The summed E-state index contributed by atoms with van der Waals surface area (Å²) in [5.41, 5.74) is -0.930. The Labute approximate surface area is 116 Å². The Morgan fingerprint density at radius 2 is 1.81 bits per heavy atom. The van der Waals surface area contributed by atoms with Crippen molar-refractivity contribution in [3.63, 3.8) is 0 Å². The van der Waals surface area contributed by atoms with E-state index in [0.717, 1.165) is 12.3 Å². The normalized spacial score (nSPS) is 10.3. The maximum absolute atomic E-state index is 13.0. The van der Waals surface area contributed by atoms with Crippen LogP contribution in [-0.4, -0.2) is 13.0 Å². The second-order valence-corrected chi connectivity index (χ2v) is 3.88. The molecule has 0 fully saturated rings. The van der Waals surface area contributed by atoms with Gasteiger partial charge in [0.2, 0.25) is 11.2 Å². The molecule has 0 saturated heterocycles. The molecule has 0 aliphatic carbocycles. The molecule has 0 radical (unpaired) electrons. The first-order chi connectivity index (χ1) is 9.92. The molecule has 21 heavy (non-hydrogen) atoms. The molecule has 5 nitrogen and oxygen atoms in total. The summed E-state index contributed by atoms with van der Waals surface area (Å²) in [5.74, 6) is -6.00. The lowest BCUT2D eigenvalue weighted by Crippen LogP contribution is -2.15. The van der Waals surface area contributed by atoms with E-state index in [2.05, 4.69) is 10.1 Å². The molecule has 0 bridgehead atoms. The van der Waals surface area contributed by atoms with Crippen LogP contribution in [0.25, 0.3) is 0 Å². The molecule has 0 saturated carbocycles. The van der Waals surface area contributed by atoms with Gasteiger partial charge in [-0.1, -0.05) is 0 Å². The molecule has 1 amide bonds. The number of halogens is 3. The van der Waals surface area contributed by atoms with Gasteiger partial charge in [0.25, 0.3) is 5.91 Å². The van der Waals surface area contributed by atoms with Crippen LogP contribution in [0.2, 0.25) is 0 Å². The summed E-state index contributed by atoms with van der Waals surface area (Å²) in [7, 11) is 1.25. The van der Waals surface area contributed by atoms with Crippen LogP contribution in [0.5, 0.6) is 5.75 Å². The molecule has 2 aromatic rings. The van der Waals surface area contributed by atoms with Gasteiger partial charge in [-0.2, -0.15) is 0 Å². The van der Waals surface area contributed by atoms with Crippen LogP contribution >= 0.6 is 0 Å². The largest absolute Gasteiger partial charge is 0.490 e. The van der Waals surface area contributed by atoms with Crippen molar-refractivity contribution in [2.24, 2.45) is 0 Å². The van der Waals surface area contributed by atoms with Crippen molar-refractivity contribution in [1.29, 1.82) is 0 Å². The number of nitrogens with one attached hydrogen (secondary N) is 1. The van der Waals surface area contributed by atoms with Gasteiger partial charge in [-0.3, -0.25) is 9.59 Å². The first-order valence-electron chi connectivity index (χ1n) is 5.55. The van der Waals surface area contributed by atoms with Crippen LogP contribution in [0.1, 0.15) is 10.6 Å². The van der Waals surface area contributed by atoms with Gasteiger partial charge in [-0.25, -0.2) is 13.2 Å². The number of carbonyl (C=O) groups is 1. The number of carbonyl (C=O) groups excluding carboxylic acids is 1. The molecule has 0 aliphatic heterocycles. The number of benzene rings is 1. The lowest BCUT2D eigenvalue weighted by Gasteiger charge is -2.06. The van der Waals surface area contributed by atoms with Gasteiger partial charge in [0, 0.05) is 23.9 Å². The quantitative estimate of drug-likeness (QED) is 0.883. The van der Waals surface area contributed by atoms with Crippen LogP contribution < -0.4 is 15.5 Å². The first kappa shape index (κ1) is 14.6. The number of hydrogen-bond acceptors (Lipinski definition) is 4. The SMILES string of the molecule is COc1coc(C(=O)Nc2cc(F)c(F)c(F)c2)cc1=O. The van der Waals surface area contributed by atoms with E-state index in [1.165, 1.54) is 7.11 Å². The minimum absolute atomic E-state index is 0.106. The Hall–Kier alpha value is -2.77.